The van der Waals surface area contributed by atoms with Gasteiger partial charge in [0.25, 0.3) is 0 Å². The van der Waals surface area contributed by atoms with Gasteiger partial charge in [-0.05, 0) is 25.0 Å². The summed E-state index contributed by atoms with van der Waals surface area (Å²) >= 11 is 0. The second-order valence-electron chi connectivity index (χ2n) is 7.63. The topological polar surface area (TPSA) is 71.1 Å². The maximum atomic E-state index is 12.4. The van der Waals surface area contributed by atoms with E-state index < -0.39 is 24.1 Å². The fourth-order valence-corrected chi connectivity index (χ4v) is 3.55. The van der Waals surface area contributed by atoms with Crippen LogP contribution in [0.4, 0.5) is 0 Å². The van der Waals surface area contributed by atoms with Gasteiger partial charge in [-0.15, -0.1) is 0 Å². The van der Waals surface area contributed by atoms with Crippen molar-refractivity contribution in [2.24, 2.45) is 5.92 Å². The molecule has 1 aliphatic rings. The Morgan fingerprint density at radius 2 is 1.56 bits per heavy atom. The number of rotatable bonds is 11. The van der Waals surface area contributed by atoms with Crippen LogP contribution >= 0.6 is 0 Å². The number of ether oxygens (including phenoxy) is 4. The van der Waals surface area contributed by atoms with Crippen LogP contribution in [0.25, 0.3) is 0 Å². The van der Waals surface area contributed by atoms with Crippen LogP contribution < -0.4 is 0 Å². The van der Waals surface area contributed by atoms with Crippen molar-refractivity contribution >= 4 is 11.8 Å². The van der Waals surface area contributed by atoms with Crippen LogP contribution in [0.3, 0.4) is 0 Å². The standard InChI is InChI=1S/C26H30O6/c1-3-30-26(28)25(19(2)27)23-15-14-22(31-17-21-12-8-5-9-13-21)24(32-23)18-29-16-20-10-6-4-7-11-20/h4-15,22-25H,3,16-18H2,1-2H3/t22-,23+,24+,25?/m0/s1. The molecule has 0 bridgehead atoms. The highest BCUT2D eigenvalue weighted by molar-refractivity contribution is 5.98. The molecule has 0 radical (unpaired) electrons. The molecule has 32 heavy (non-hydrogen) atoms. The summed E-state index contributed by atoms with van der Waals surface area (Å²) in [7, 11) is 0. The third kappa shape index (κ3) is 6.85. The molecule has 6 nitrogen and oxygen atoms in total. The van der Waals surface area contributed by atoms with Crippen LogP contribution in [0.1, 0.15) is 25.0 Å². The van der Waals surface area contributed by atoms with Gasteiger partial charge in [-0.25, -0.2) is 0 Å². The molecule has 0 N–H and O–H groups in total. The monoisotopic (exact) mass is 438 g/mol. The third-order valence-corrected chi connectivity index (χ3v) is 5.17. The predicted molar refractivity (Wildman–Crippen MR) is 120 cm³/mol. The van der Waals surface area contributed by atoms with Gasteiger partial charge in [-0.3, -0.25) is 9.59 Å². The molecule has 0 fully saturated rings. The van der Waals surface area contributed by atoms with Crippen LogP contribution in [0.5, 0.6) is 0 Å². The molecule has 4 atom stereocenters. The number of Topliss-reactive ketones (excluding diaryl/α,β-unsaturated/α-hetero) is 1. The molecular formula is C26H30O6. The van der Waals surface area contributed by atoms with Crippen molar-refractivity contribution in [3.8, 4) is 0 Å². The van der Waals surface area contributed by atoms with E-state index in [1.807, 2.05) is 66.7 Å². The highest BCUT2D eigenvalue weighted by atomic mass is 16.6. The number of benzene rings is 2. The van der Waals surface area contributed by atoms with E-state index in [0.717, 1.165) is 11.1 Å². The van der Waals surface area contributed by atoms with Crippen LogP contribution in [-0.4, -0.2) is 43.3 Å². The Bertz CT molecular complexity index is 880. The van der Waals surface area contributed by atoms with Gasteiger partial charge in [0.2, 0.25) is 0 Å². The third-order valence-electron chi connectivity index (χ3n) is 5.17. The maximum absolute atomic E-state index is 12.4. The van der Waals surface area contributed by atoms with Crippen molar-refractivity contribution in [1.82, 2.24) is 0 Å². The van der Waals surface area contributed by atoms with E-state index in [1.165, 1.54) is 6.92 Å². The fraction of sp³-hybridized carbons (Fsp3) is 0.385. The highest BCUT2D eigenvalue weighted by Gasteiger charge is 2.38. The minimum Gasteiger partial charge on any atom is -0.465 e. The van der Waals surface area contributed by atoms with Gasteiger partial charge in [0.1, 0.15) is 23.9 Å². The molecule has 0 saturated heterocycles. The fourth-order valence-electron chi connectivity index (χ4n) is 3.55. The molecule has 1 aliphatic heterocycles. The van der Waals surface area contributed by atoms with Crippen LogP contribution in [0, 0.1) is 5.92 Å². The SMILES string of the molecule is CCOC(=O)C(C(C)=O)[C@H]1C=C[C@H](OCc2ccccc2)[C@@H](COCc2ccccc2)O1. The lowest BCUT2D eigenvalue weighted by Crippen LogP contribution is -2.46. The first kappa shape index (κ1) is 23.9. The largest absolute Gasteiger partial charge is 0.465 e. The van der Waals surface area contributed by atoms with E-state index in [0.29, 0.717) is 13.2 Å². The Morgan fingerprint density at radius 1 is 0.938 bits per heavy atom. The smallest absolute Gasteiger partial charge is 0.319 e. The zero-order valence-corrected chi connectivity index (χ0v) is 18.5. The molecule has 0 amide bonds. The van der Waals surface area contributed by atoms with Gasteiger partial charge in [0, 0.05) is 0 Å². The van der Waals surface area contributed by atoms with Crippen molar-refractivity contribution in [2.75, 3.05) is 13.2 Å². The molecule has 0 saturated carbocycles. The van der Waals surface area contributed by atoms with Gasteiger partial charge >= 0.3 is 5.97 Å². The molecule has 170 valence electrons. The highest BCUT2D eigenvalue weighted by Crippen LogP contribution is 2.24. The molecule has 6 heteroatoms. The lowest BCUT2D eigenvalue weighted by molar-refractivity contribution is -0.166. The Morgan fingerprint density at radius 3 is 2.16 bits per heavy atom. The number of carbonyl (C=O) groups is 2. The van der Waals surface area contributed by atoms with E-state index in [1.54, 1.807) is 13.0 Å². The summed E-state index contributed by atoms with van der Waals surface area (Å²) in [6.07, 6.45) is 1.98. The molecular weight excluding hydrogens is 408 g/mol. The first-order chi connectivity index (χ1) is 15.6. The summed E-state index contributed by atoms with van der Waals surface area (Å²) in [6.45, 7) is 4.37. The Labute approximate surface area is 189 Å². The molecule has 3 rings (SSSR count). The summed E-state index contributed by atoms with van der Waals surface area (Å²) in [5.74, 6) is -1.90. The Hall–Kier alpha value is -2.80. The van der Waals surface area contributed by atoms with Gasteiger partial charge in [0.05, 0.1) is 32.5 Å². The van der Waals surface area contributed by atoms with Gasteiger partial charge in [-0.2, -0.15) is 0 Å². The van der Waals surface area contributed by atoms with Crippen LogP contribution in [-0.2, 0) is 41.8 Å². The first-order valence-electron chi connectivity index (χ1n) is 10.9. The second-order valence-corrected chi connectivity index (χ2v) is 7.63. The van der Waals surface area contributed by atoms with E-state index >= 15 is 0 Å². The first-order valence-corrected chi connectivity index (χ1v) is 10.9. The minimum atomic E-state index is -1.02. The van der Waals surface area contributed by atoms with Crippen molar-refractivity contribution in [3.63, 3.8) is 0 Å². The number of hydrogen-bond acceptors (Lipinski definition) is 6. The van der Waals surface area contributed by atoms with E-state index in [4.69, 9.17) is 18.9 Å². The summed E-state index contributed by atoms with van der Waals surface area (Å²) in [4.78, 5) is 24.5. The summed E-state index contributed by atoms with van der Waals surface area (Å²) < 4.78 is 23.2. The lowest BCUT2D eigenvalue weighted by Gasteiger charge is -2.34. The zero-order valence-electron chi connectivity index (χ0n) is 18.5. The number of ketones is 1. The predicted octanol–water partition coefficient (Wildman–Crippen LogP) is 3.88. The lowest BCUT2D eigenvalue weighted by atomic mass is 9.94. The number of hydrogen-bond donors (Lipinski definition) is 0. The van der Waals surface area contributed by atoms with E-state index in [-0.39, 0.29) is 25.1 Å². The average molecular weight is 439 g/mol. The quantitative estimate of drug-likeness (QED) is 0.301. The van der Waals surface area contributed by atoms with Gasteiger partial charge in [0.15, 0.2) is 0 Å². The molecule has 2 aromatic rings. The summed E-state index contributed by atoms with van der Waals surface area (Å²) in [5.41, 5.74) is 2.09. The Kier molecular flexibility index (Phi) is 9.16. The average Bonchev–Trinajstić information content (AvgIpc) is 2.80. The van der Waals surface area contributed by atoms with E-state index in [2.05, 4.69) is 0 Å². The minimum absolute atomic E-state index is 0.200. The van der Waals surface area contributed by atoms with Crippen LogP contribution in [0.2, 0.25) is 0 Å². The molecule has 0 spiro atoms. The maximum Gasteiger partial charge on any atom is 0.319 e. The second kappa shape index (κ2) is 12.3. The van der Waals surface area contributed by atoms with E-state index in [9.17, 15) is 9.59 Å². The van der Waals surface area contributed by atoms with Gasteiger partial charge in [-0.1, -0.05) is 72.8 Å². The number of esters is 1. The van der Waals surface area contributed by atoms with Gasteiger partial charge < -0.3 is 18.9 Å². The van der Waals surface area contributed by atoms with Crippen molar-refractivity contribution in [3.05, 3.63) is 83.9 Å². The zero-order chi connectivity index (χ0) is 22.8. The van der Waals surface area contributed by atoms with Crippen LogP contribution in [0.15, 0.2) is 72.8 Å². The number of carbonyl (C=O) groups excluding carboxylic acids is 2. The van der Waals surface area contributed by atoms with Crippen molar-refractivity contribution in [1.29, 1.82) is 0 Å². The molecule has 0 aromatic heterocycles. The summed E-state index contributed by atoms with van der Waals surface area (Å²) in [5, 5.41) is 0. The molecule has 1 unspecified atom stereocenters. The Balaban J connectivity index is 1.70. The normalized spacial score (nSPS) is 21.1. The summed E-state index contributed by atoms with van der Waals surface area (Å²) in [6, 6.07) is 19.7. The molecule has 2 aromatic carbocycles. The molecule has 0 aliphatic carbocycles. The molecule has 1 heterocycles. The van der Waals surface area contributed by atoms with Crippen molar-refractivity contribution < 1.29 is 28.5 Å². The van der Waals surface area contributed by atoms with Crippen molar-refractivity contribution in [2.45, 2.75) is 45.4 Å².